The minimum absolute atomic E-state index is 0.246. The quantitative estimate of drug-likeness (QED) is 0.696. The van der Waals surface area contributed by atoms with Gasteiger partial charge in [-0.25, -0.2) is 9.97 Å². The maximum atomic E-state index is 9.50. The van der Waals surface area contributed by atoms with E-state index >= 15 is 0 Å². The van der Waals surface area contributed by atoms with E-state index in [0.717, 1.165) is 28.0 Å². The first-order valence-electron chi connectivity index (χ1n) is 4.70. The molecule has 5 heteroatoms. The zero-order chi connectivity index (χ0) is 11.0. The molecular weight excluding hydrogens is 222 g/mol. The lowest BCUT2D eigenvalue weighted by Crippen LogP contribution is -1.86. The number of rotatable bonds is 1. The van der Waals surface area contributed by atoms with Crippen molar-refractivity contribution in [3.8, 4) is 16.5 Å². The van der Waals surface area contributed by atoms with Gasteiger partial charge in [-0.05, 0) is 18.2 Å². The highest BCUT2D eigenvalue weighted by molar-refractivity contribution is 7.09. The average molecular weight is 229 g/mol. The van der Waals surface area contributed by atoms with Gasteiger partial charge in [0.25, 0.3) is 0 Å². The zero-order valence-corrected chi connectivity index (χ0v) is 8.98. The molecule has 0 unspecified atom stereocenters. The molecule has 1 aromatic carbocycles. The molecule has 0 saturated carbocycles. The molecule has 3 rings (SSSR count). The van der Waals surface area contributed by atoms with Gasteiger partial charge >= 0.3 is 0 Å². The van der Waals surface area contributed by atoms with E-state index in [1.54, 1.807) is 18.5 Å². The smallest absolute Gasteiger partial charge is 0.198 e. The number of fused-ring (bicyclic) bond motifs is 1. The highest BCUT2D eigenvalue weighted by Crippen LogP contribution is 2.30. The molecule has 78 valence electrons. The third kappa shape index (κ3) is 1.42. The highest BCUT2D eigenvalue weighted by atomic mass is 32.1. The number of hydrogen-bond donors (Lipinski definition) is 1. The summed E-state index contributed by atoms with van der Waals surface area (Å²) >= 11 is 1.09. The van der Waals surface area contributed by atoms with E-state index in [1.807, 2.05) is 18.2 Å². The molecule has 0 fully saturated rings. The molecule has 0 radical (unpaired) electrons. The van der Waals surface area contributed by atoms with E-state index in [4.69, 9.17) is 0 Å². The number of aromatic hydroxyl groups is 1. The van der Waals surface area contributed by atoms with Crippen LogP contribution in [0.4, 0.5) is 0 Å². The Labute approximate surface area is 95.4 Å². The lowest BCUT2D eigenvalue weighted by atomic mass is 10.1. The van der Waals surface area contributed by atoms with Crippen LogP contribution in [0, 0.1) is 0 Å². The monoisotopic (exact) mass is 229 g/mol. The van der Waals surface area contributed by atoms with Crippen molar-refractivity contribution in [3.05, 3.63) is 36.7 Å². The van der Waals surface area contributed by atoms with Crippen LogP contribution in [0.2, 0.25) is 0 Å². The lowest BCUT2D eigenvalue weighted by Gasteiger charge is -1.98. The van der Waals surface area contributed by atoms with Crippen LogP contribution >= 0.6 is 11.5 Å². The van der Waals surface area contributed by atoms with Crippen LogP contribution in [-0.2, 0) is 0 Å². The predicted octanol–water partition coefficient (Wildman–Crippen LogP) is 2.46. The van der Waals surface area contributed by atoms with Crippen molar-refractivity contribution in [2.45, 2.75) is 0 Å². The van der Waals surface area contributed by atoms with Gasteiger partial charge in [0.05, 0.1) is 10.9 Å². The Morgan fingerprint density at radius 2 is 1.94 bits per heavy atom. The van der Waals surface area contributed by atoms with Gasteiger partial charge in [-0.3, -0.25) is 0 Å². The molecular formula is C11H7N3OS. The SMILES string of the molecule is Oc1snc2cc(-c3ncccn3)ccc12. The molecule has 0 aliphatic carbocycles. The van der Waals surface area contributed by atoms with Gasteiger partial charge in [0.1, 0.15) is 0 Å². The van der Waals surface area contributed by atoms with Crippen LogP contribution in [0.5, 0.6) is 5.06 Å². The van der Waals surface area contributed by atoms with E-state index in [1.165, 1.54) is 0 Å². The molecule has 1 N–H and O–H groups in total. The Morgan fingerprint density at radius 3 is 2.75 bits per heavy atom. The minimum atomic E-state index is 0.246. The van der Waals surface area contributed by atoms with Crippen molar-refractivity contribution in [2.24, 2.45) is 0 Å². The van der Waals surface area contributed by atoms with Gasteiger partial charge in [0, 0.05) is 29.5 Å². The molecule has 0 bridgehead atoms. The number of hydrogen-bond acceptors (Lipinski definition) is 5. The Hall–Kier alpha value is -2.01. The Bertz CT molecular complexity index is 636. The van der Waals surface area contributed by atoms with Crippen molar-refractivity contribution >= 4 is 22.4 Å². The molecule has 16 heavy (non-hydrogen) atoms. The predicted molar refractivity (Wildman–Crippen MR) is 62.3 cm³/mol. The summed E-state index contributed by atoms with van der Waals surface area (Å²) in [5.41, 5.74) is 1.67. The minimum Gasteiger partial charge on any atom is -0.498 e. The van der Waals surface area contributed by atoms with Gasteiger partial charge in [-0.1, -0.05) is 6.07 Å². The number of aromatic nitrogens is 3. The number of benzene rings is 1. The van der Waals surface area contributed by atoms with Crippen molar-refractivity contribution in [1.82, 2.24) is 14.3 Å². The van der Waals surface area contributed by atoms with E-state index in [0.29, 0.717) is 5.82 Å². The fourth-order valence-electron chi connectivity index (χ4n) is 1.52. The summed E-state index contributed by atoms with van der Waals surface area (Å²) < 4.78 is 4.14. The van der Waals surface area contributed by atoms with Gasteiger partial charge in [0.15, 0.2) is 10.9 Å². The first kappa shape index (κ1) is 9.23. The van der Waals surface area contributed by atoms with E-state index < -0.39 is 0 Å². The van der Waals surface area contributed by atoms with E-state index in [2.05, 4.69) is 14.3 Å². The summed E-state index contributed by atoms with van der Waals surface area (Å²) in [6.45, 7) is 0. The van der Waals surface area contributed by atoms with Crippen molar-refractivity contribution in [3.63, 3.8) is 0 Å². The Morgan fingerprint density at radius 1 is 1.12 bits per heavy atom. The summed E-state index contributed by atoms with van der Waals surface area (Å²) in [5, 5.41) is 10.5. The normalized spacial score (nSPS) is 10.8. The molecule has 0 atom stereocenters. The van der Waals surface area contributed by atoms with Crippen LogP contribution < -0.4 is 0 Å². The number of nitrogens with zero attached hydrogens (tertiary/aromatic N) is 3. The average Bonchev–Trinajstić information content (AvgIpc) is 2.72. The maximum absolute atomic E-state index is 9.50. The van der Waals surface area contributed by atoms with Crippen molar-refractivity contribution in [1.29, 1.82) is 0 Å². The molecule has 4 nitrogen and oxygen atoms in total. The molecule has 0 amide bonds. The van der Waals surface area contributed by atoms with Crippen LogP contribution in [0.25, 0.3) is 22.3 Å². The second kappa shape index (κ2) is 3.53. The van der Waals surface area contributed by atoms with Gasteiger partial charge < -0.3 is 5.11 Å². The van der Waals surface area contributed by atoms with E-state index in [9.17, 15) is 5.11 Å². The molecule has 0 spiro atoms. The largest absolute Gasteiger partial charge is 0.498 e. The Kier molecular flexibility index (Phi) is 2.04. The van der Waals surface area contributed by atoms with Crippen LogP contribution in [0.3, 0.4) is 0 Å². The molecule has 2 heterocycles. The second-order valence-corrected chi connectivity index (χ2v) is 4.04. The highest BCUT2D eigenvalue weighted by Gasteiger charge is 2.07. The first-order valence-corrected chi connectivity index (χ1v) is 5.48. The summed E-state index contributed by atoms with van der Waals surface area (Å²) in [5.74, 6) is 0.664. The molecule has 0 aliphatic rings. The molecule has 2 aromatic heterocycles. The van der Waals surface area contributed by atoms with E-state index in [-0.39, 0.29) is 5.06 Å². The van der Waals surface area contributed by atoms with Gasteiger partial charge in [-0.2, -0.15) is 4.37 Å². The summed E-state index contributed by atoms with van der Waals surface area (Å²) in [4.78, 5) is 8.33. The lowest BCUT2D eigenvalue weighted by molar-refractivity contribution is 0.496. The topological polar surface area (TPSA) is 58.9 Å². The molecule has 3 aromatic rings. The third-order valence-electron chi connectivity index (χ3n) is 2.28. The van der Waals surface area contributed by atoms with Crippen LogP contribution in [0.1, 0.15) is 0 Å². The maximum Gasteiger partial charge on any atom is 0.198 e. The van der Waals surface area contributed by atoms with Crippen LogP contribution in [0.15, 0.2) is 36.7 Å². The summed E-state index contributed by atoms with van der Waals surface area (Å²) in [7, 11) is 0. The van der Waals surface area contributed by atoms with Crippen molar-refractivity contribution < 1.29 is 5.11 Å². The van der Waals surface area contributed by atoms with Crippen molar-refractivity contribution in [2.75, 3.05) is 0 Å². The summed E-state index contributed by atoms with van der Waals surface area (Å²) in [6, 6.07) is 7.36. The van der Waals surface area contributed by atoms with Gasteiger partial charge in [-0.15, -0.1) is 0 Å². The molecule has 0 aliphatic heterocycles. The first-order chi connectivity index (χ1) is 7.84. The fourth-order valence-corrected chi connectivity index (χ4v) is 2.12. The summed E-state index contributed by atoms with van der Waals surface area (Å²) in [6.07, 6.45) is 3.40. The molecule has 0 saturated heterocycles. The second-order valence-electron chi connectivity index (χ2n) is 3.29. The Balaban J connectivity index is 2.19. The standard InChI is InChI=1S/C11H7N3OS/c15-11-8-3-2-7(6-9(8)14-16-11)10-12-4-1-5-13-10/h1-6,15H. The van der Waals surface area contributed by atoms with Crippen LogP contribution in [-0.4, -0.2) is 19.4 Å². The third-order valence-corrected chi connectivity index (χ3v) is 2.96. The van der Waals surface area contributed by atoms with Gasteiger partial charge in [0.2, 0.25) is 0 Å². The zero-order valence-electron chi connectivity index (χ0n) is 8.16. The fraction of sp³-hybridized carbons (Fsp3) is 0.